The fourth-order valence-electron chi connectivity index (χ4n) is 3.73. The van der Waals surface area contributed by atoms with Gasteiger partial charge in [-0.2, -0.15) is 12.7 Å². The first-order valence-corrected chi connectivity index (χ1v) is 11.4. The molecule has 2 aromatic carbocycles. The molecule has 4 N–H and O–H groups in total. The van der Waals surface area contributed by atoms with Gasteiger partial charge in [-0.05, 0) is 23.3 Å². The fraction of sp³-hybridized carbons (Fsp3) is 0.190. The molecular formula is C21H21ClN4O4S. The van der Waals surface area contributed by atoms with Crippen LogP contribution in [-0.4, -0.2) is 34.8 Å². The van der Waals surface area contributed by atoms with Gasteiger partial charge in [-0.15, -0.1) is 0 Å². The molecule has 0 saturated carbocycles. The maximum Gasteiger partial charge on any atom is 0.302 e. The number of halogens is 1. The van der Waals surface area contributed by atoms with E-state index in [2.05, 4.69) is 4.72 Å². The Morgan fingerprint density at radius 3 is 2.39 bits per heavy atom. The molecule has 0 aliphatic carbocycles. The van der Waals surface area contributed by atoms with Crippen molar-refractivity contribution in [1.29, 1.82) is 0 Å². The smallest absolute Gasteiger partial charge is 0.302 e. The summed E-state index contributed by atoms with van der Waals surface area (Å²) in [6.45, 7) is 0.336. The second-order valence-corrected chi connectivity index (χ2v) is 9.21. The maximum atomic E-state index is 13.0. The summed E-state index contributed by atoms with van der Waals surface area (Å²) in [5.41, 5.74) is 8.70. The number of nitrogens with two attached hydrogens (primary N) is 1. The van der Waals surface area contributed by atoms with Crippen molar-refractivity contribution in [2.24, 2.45) is 5.73 Å². The quantitative estimate of drug-likeness (QED) is 0.524. The number of carbonyl (C=O) groups is 1. The highest BCUT2D eigenvalue weighted by Gasteiger charge is 2.34. The van der Waals surface area contributed by atoms with Gasteiger partial charge in [-0.3, -0.25) is 9.52 Å². The molecule has 0 radical (unpaired) electrons. The van der Waals surface area contributed by atoms with Crippen molar-refractivity contribution in [1.82, 2.24) is 8.87 Å². The number of nitrogens with one attached hydrogen (secondary N) is 1. The number of fused-ring (bicyclic) bond motifs is 1. The van der Waals surface area contributed by atoms with Gasteiger partial charge in [0.2, 0.25) is 0 Å². The lowest BCUT2D eigenvalue weighted by Crippen LogP contribution is -2.42. The lowest BCUT2D eigenvalue weighted by Gasteiger charge is -2.29. The molecule has 31 heavy (non-hydrogen) atoms. The molecule has 0 atom stereocenters. The molecule has 0 bridgehead atoms. The molecule has 4 rings (SSSR count). The van der Waals surface area contributed by atoms with E-state index in [0.717, 1.165) is 5.56 Å². The lowest BCUT2D eigenvalue weighted by atomic mass is 10.1. The number of carbonyl (C=O) groups excluding carboxylic acids is 1. The molecular weight excluding hydrogens is 440 g/mol. The van der Waals surface area contributed by atoms with Gasteiger partial charge in [0.1, 0.15) is 0 Å². The van der Waals surface area contributed by atoms with Gasteiger partial charge in [-0.25, -0.2) is 0 Å². The van der Waals surface area contributed by atoms with Crippen LogP contribution < -0.4 is 10.5 Å². The first-order valence-electron chi connectivity index (χ1n) is 9.55. The Morgan fingerprint density at radius 2 is 1.77 bits per heavy atom. The van der Waals surface area contributed by atoms with Crippen LogP contribution in [-0.2, 0) is 29.9 Å². The van der Waals surface area contributed by atoms with Crippen LogP contribution in [0.25, 0.3) is 11.3 Å². The third-order valence-electron chi connectivity index (χ3n) is 5.23. The third kappa shape index (κ3) is 4.05. The molecule has 8 nitrogen and oxygen atoms in total. The number of nitrogens with zero attached hydrogens (tertiary/aromatic N) is 2. The van der Waals surface area contributed by atoms with E-state index in [9.17, 15) is 13.2 Å². The zero-order chi connectivity index (χ0) is 22.2. The highest BCUT2D eigenvalue weighted by Crippen LogP contribution is 2.38. The molecule has 1 aliphatic rings. The summed E-state index contributed by atoms with van der Waals surface area (Å²) in [6, 6.07) is 15.8. The van der Waals surface area contributed by atoms with E-state index in [0.29, 0.717) is 29.2 Å². The highest BCUT2D eigenvalue weighted by molar-refractivity contribution is 7.90. The van der Waals surface area contributed by atoms with Crippen molar-refractivity contribution in [2.75, 3.05) is 11.3 Å². The van der Waals surface area contributed by atoms with Crippen LogP contribution in [0, 0.1) is 0 Å². The number of aromatic nitrogens is 1. The van der Waals surface area contributed by atoms with Crippen molar-refractivity contribution < 1.29 is 18.3 Å². The van der Waals surface area contributed by atoms with Crippen LogP contribution in [0.3, 0.4) is 0 Å². The number of primary amides is 1. The molecule has 1 aliphatic heterocycles. The minimum atomic E-state index is -3.90. The fourth-order valence-corrected chi connectivity index (χ4v) is 5.32. The zero-order valence-corrected chi connectivity index (χ0v) is 18.0. The molecule has 0 fully saturated rings. The van der Waals surface area contributed by atoms with Crippen LogP contribution in [0.5, 0.6) is 0 Å². The summed E-state index contributed by atoms with van der Waals surface area (Å²) >= 11 is 6.54. The van der Waals surface area contributed by atoms with E-state index in [-0.39, 0.29) is 30.3 Å². The SMILES string of the molecule is NC(=O)c1c(Cl)c(-c2ccccc2)n2c1CN(S(=O)(=O)Nc1ccc(CO)cc1)CC2. The molecule has 0 unspecified atom stereocenters. The minimum Gasteiger partial charge on any atom is -0.392 e. The molecule has 1 aromatic heterocycles. The largest absolute Gasteiger partial charge is 0.392 e. The third-order valence-corrected chi connectivity index (χ3v) is 7.08. The van der Waals surface area contributed by atoms with Crippen molar-refractivity contribution in [3.05, 3.63) is 76.4 Å². The number of aliphatic hydroxyl groups excluding tert-OH is 1. The summed E-state index contributed by atoms with van der Waals surface area (Å²) in [5, 5.41) is 9.36. The highest BCUT2D eigenvalue weighted by atomic mass is 35.5. The van der Waals surface area contributed by atoms with E-state index >= 15 is 0 Å². The average Bonchev–Trinajstić information content (AvgIpc) is 3.05. The predicted octanol–water partition coefficient (Wildman–Crippen LogP) is 2.57. The van der Waals surface area contributed by atoms with Gasteiger partial charge in [0, 0.05) is 24.5 Å². The first kappa shape index (κ1) is 21.4. The summed E-state index contributed by atoms with van der Waals surface area (Å²) in [6.07, 6.45) is 0. The average molecular weight is 461 g/mol. The van der Waals surface area contributed by atoms with Crippen molar-refractivity contribution in [2.45, 2.75) is 19.7 Å². The Hall–Kier alpha value is -2.85. The number of hydrogen-bond acceptors (Lipinski definition) is 4. The summed E-state index contributed by atoms with van der Waals surface area (Å²) < 4.78 is 31.6. The molecule has 162 valence electrons. The minimum absolute atomic E-state index is 0.0467. The number of rotatable bonds is 6. The van der Waals surface area contributed by atoms with E-state index in [1.54, 1.807) is 24.3 Å². The van der Waals surface area contributed by atoms with E-state index < -0.39 is 16.1 Å². The number of anilines is 1. The van der Waals surface area contributed by atoms with Crippen LogP contribution in [0.2, 0.25) is 5.02 Å². The molecule has 10 heteroatoms. The summed E-state index contributed by atoms with van der Waals surface area (Å²) in [4.78, 5) is 12.2. The molecule has 0 saturated heterocycles. The Kier molecular flexibility index (Phi) is 5.76. The van der Waals surface area contributed by atoms with Crippen molar-refractivity contribution >= 4 is 33.4 Å². The molecule has 2 heterocycles. The van der Waals surface area contributed by atoms with Crippen molar-refractivity contribution in [3.8, 4) is 11.3 Å². The van der Waals surface area contributed by atoms with Gasteiger partial charge in [-0.1, -0.05) is 54.1 Å². The second-order valence-electron chi connectivity index (χ2n) is 7.16. The summed E-state index contributed by atoms with van der Waals surface area (Å²) in [5.74, 6) is -0.706. The van der Waals surface area contributed by atoms with Crippen LogP contribution >= 0.6 is 11.6 Å². The lowest BCUT2D eigenvalue weighted by molar-refractivity contribution is 0.0998. The Morgan fingerprint density at radius 1 is 1.10 bits per heavy atom. The monoisotopic (exact) mass is 460 g/mol. The maximum absolute atomic E-state index is 13.0. The second kappa shape index (κ2) is 8.35. The first-order chi connectivity index (χ1) is 14.8. The normalized spacial score (nSPS) is 14.3. The summed E-state index contributed by atoms with van der Waals surface area (Å²) in [7, 11) is -3.90. The van der Waals surface area contributed by atoms with Gasteiger partial charge in [0.05, 0.1) is 29.4 Å². The van der Waals surface area contributed by atoms with Crippen LogP contribution in [0.4, 0.5) is 5.69 Å². The zero-order valence-electron chi connectivity index (χ0n) is 16.5. The Labute approximate surface area is 185 Å². The number of benzene rings is 2. The topological polar surface area (TPSA) is 118 Å². The van der Waals surface area contributed by atoms with E-state index in [4.69, 9.17) is 22.4 Å². The number of aliphatic hydroxyl groups is 1. The molecule has 3 aromatic rings. The predicted molar refractivity (Wildman–Crippen MR) is 119 cm³/mol. The van der Waals surface area contributed by atoms with Crippen LogP contribution in [0.1, 0.15) is 21.6 Å². The molecule has 0 spiro atoms. The van der Waals surface area contributed by atoms with Gasteiger partial charge in [0.25, 0.3) is 5.91 Å². The van der Waals surface area contributed by atoms with Gasteiger partial charge in [0.15, 0.2) is 0 Å². The van der Waals surface area contributed by atoms with E-state index in [1.165, 1.54) is 4.31 Å². The standard InChI is InChI=1S/C21H21ClN4O4S/c22-19-18(21(23)28)17-12-25(10-11-26(17)20(19)15-4-2-1-3-5-15)31(29,30)24-16-8-6-14(13-27)7-9-16/h1-9,24,27H,10-13H2,(H2,23,28). The van der Waals surface area contributed by atoms with E-state index in [1.807, 2.05) is 34.9 Å². The Bertz CT molecular complexity index is 1220. The van der Waals surface area contributed by atoms with Crippen molar-refractivity contribution in [3.63, 3.8) is 0 Å². The Balaban J connectivity index is 1.68. The van der Waals surface area contributed by atoms with Gasteiger partial charge >= 0.3 is 10.2 Å². The van der Waals surface area contributed by atoms with Crippen LogP contribution in [0.15, 0.2) is 54.6 Å². The molecule has 1 amide bonds. The number of amides is 1. The van der Waals surface area contributed by atoms with Gasteiger partial charge < -0.3 is 15.4 Å². The number of hydrogen-bond donors (Lipinski definition) is 3.